The Kier molecular flexibility index (Phi) is 4.95. The van der Waals surface area contributed by atoms with Crippen LogP contribution in [0.25, 0.3) is 0 Å². The van der Waals surface area contributed by atoms with Gasteiger partial charge in [0.05, 0.1) is 24.6 Å². The van der Waals surface area contributed by atoms with Crippen molar-refractivity contribution in [3.8, 4) is 0 Å². The summed E-state index contributed by atoms with van der Waals surface area (Å²) in [6, 6.07) is 1.62. The van der Waals surface area contributed by atoms with Crippen molar-refractivity contribution in [2.75, 3.05) is 12.4 Å². The van der Waals surface area contributed by atoms with E-state index in [4.69, 9.17) is 0 Å². The molecule has 0 spiro atoms. The van der Waals surface area contributed by atoms with Gasteiger partial charge in [-0.25, -0.2) is 4.79 Å². The highest BCUT2D eigenvalue weighted by Gasteiger charge is 2.36. The number of carboxylic acids is 1. The topological polar surface area (TPSA) is 92.7 Å². The second-order valence-corrected chi connectivity index (χ2v) is 5.90. The van der Waals surface area contributed by atoms with E-state index in [-0.39, 0.29) is 5.91 Å². The molecule has 1 aromatic rings. The first-order chi connectivity index (χ1) is 10.0. The number of carbonyl (C=O) groups is 3. The number of nitrogens with one attached hydrogen (secondary N) is 1. The maximum atomic E-state index is 12.3. The van der Waals surface area contributed by atoms with Crippen LogP contribution in [0, 0.1) is 11.8 Å². The molecule has 2 N–H and O–H groups in total. The quantitative estimate of drug-likeness (QED) is 0.833. The monoisotopic (exact) mass is 311 g/mol. The van der Waals surface area contributed by atoms with Gasteiger partial charge in [0.1, 0.15) is 4.88 Å². The molecule has 1 aliphatic carbocycles. The summed E-state index contributed by atoms with van der Waals surface area (Å²) in [5.41, 5.74) is 0.381. The Morgan fingerprint density at radius 3 is 2.57 bits per heavy atom. The Balaban J connectivity index is 2.12. The number of anilines is 1. The van der Waals surface area contributed by atoms with E-state index >= 15 is 0 Å². The van der Waals surface area contributed by atoms with Crippen LogP contribution >= 0.6 is 11.3 Å². The summed E-state index contributed by atoms with van der Waals surface area (Å²) in [5.74, 6) is -3.00. The summed E-state index contributed by atoms with van der Waals surface area (Å²) in [6.45, 7) is 0. The van der Waals surface area contributed by atoms with Gasteiger partial charge >= 0.3 is 11.9 Å². The van der Waals surface area contributed by atoms with E-state index in [1.807, 2.05) is 0 Å². The van der Waals surface area contributed by atoms with Crippen molar-refractivity contribution < 1.29 is 24.2 Å². The van der Waals surface area contributed by atoms with Gasteiger partial charge in [-0.3, -0.25) is 9.59 Å². The highest BCUT2D eigenvalue weighted by atomic mass is 32.1. The number of esters is 1. The molecule has 114 valence electrons. The lowest BCUT2D eigenvalue weighted by Crippen LogP contribution is -2.36. The van der Waals surface area contributed by atoms with Crippen LogP contribution < -0.4 is 5.32 Å². The van der Waals surface area contributed by atoms with E-state index in [0.29, 0.717) is 23.4 Å². The Morgan fingerprint density at radius 1 is 1.29 bits per heavy atom. The molecule has 1 fully saturated rings. The number of ether oxygens (including phenoxy) is 1. The van der Waals surface area contributed by atoms with E-state index in [2.05, 4.69) is 10.1 Å². The van der Waals surface area contributed by atoms with Gasteiger partial charge in [0, 0.05) is 0 Å². The SMILES string of the molecule is COC(=O)c1sccc1NC(=O)[C@H]1CCCC[C@@H]1C(=O)O. The fraction of sp³-hybridized carbons (Fsp3) is 0.500. The zero-order valence-electron chi connectivity index (χ0n) is 11.6. The highest BCUT2D eigenvalue weighted by molar-refractivity contribution is 7.12. The number of hydrogen-bond donors (Lipinski definition) is 2. The molecule has 0 bridgehead atoms. The number of amides is 1. The van der Waals surface area contributed by atoms with Crippen molar-refractivity contribution in [3.05, 3.63) is 16.3 Å². The average molecular weight is 311 g/mol. The van der Waals surface area contributed by atoms with E-state index < -0.39 is 23.8 Å². The zero-order valence-corrected chi connectivity index (χ0v) is 12.4. The van der Waals surface area contributed by atoms with Crippen LogP contribution in [0.2, 0.25) is 0 Å². The van der Waals surface area contributed by atoms with Gasteiger partial charge < -0.3 is 15.2 Å². The lowest BCUT2D eigenvalue weighted by atomic mass is 9.78. The minimum absolute atomic E-state index is 0.313. The van der Waals surface area contributed by atoms with Gasteiger partial charge in [-0.05, 0) is 24.3 Å². The molecule has 0 unspecified atom stereocenters. The van der Waals surface area contributed by atoms with Crippen LogP contribution in [0.1, 0.15) is 35.4 Å². The standard InChI is InChI=1S/C14H17NO5S/c1-20-14(19)11-10(6-7-21-11)15-12(16)8-4-2-3-5-9(8)13(17)18/h6-9H,2-5H2,1H3,(H,15,16)(H,17,18)/t8-,9-/m0/s1. The molecule has 0 aromatic carbocycles. The van der Waals surface area contributed by atoms with Gasteiger partial charge in [-0.2, -0.15) is 0 Å². The second-order valence-electron chi connectivity index (χ2n) is 4.98. The smallest absolute Gasteiger partial charge is 0.350 e. The summed E-state index contributed by atoms with van der Waals surface area (Å²) in [7, 11) is 1.27. The molecule has 0 radical (unpaired) electrons. The highest BCUT2D eigenvalue weighted by Crippen LogP contribution is 2.32. The average Bonchev–Trinajstić information content (AvgIpc) is 2.94. The molecule has 0 saturated heterocycles. The summed E-state index contributed by atoms with van der Waals surface area (Å²) in [6.07, 6.45) is 2.74. The first-order valence-electron chi connectivity index (χ1n) is 6.74. The van der Waals surface area contributed by atoms with Crippen molar-refractivity contribution in [1.82, 2.24) is 0 Å². The Hall–Kier alpha value is -1.89. The molecule has 1 saturated carbocycles. The maximum Gasteiger partial charge on any atom is 0.350 e. The number of aliphatic carboxylic acids is 1. The number of carboxylic acid groups (broad SMARTS) is 1. The Labute approximate surface area is 126 Å². The van der Waals surface area contributed by atoms with Crippen LogP contribution in [-0.2, 0) is 14.3 Å². The molecule has 21 heavy (non-hydrogen) atoms. The molecule has 1 aromatic heterocycles. The van der Waals surface area contributed by atoms with Crippen molar-refractivity contribution in [1.29, 1.82) is 0 Å². The van der Waals surface area contributed by atoms with E-state index in [0.717, 1.165) is 12.8 Å². The minimum atomic E-state index is -0.937. The van der Waals surface area contributed by atoms with Gasteiger partial charge in [0.2, 0.25) is 5.91 Å². The Bertz CT molecular complexity index is 553. The van der Waals surface area contributed by atoms with Crippen LogP contribution in [-0.4, -0.2) is 30.1 Å². The zero-order chi connectivity index (χ0) is 15.4. The fourth-order valence-corrected chi connectivity index (χ4v) is 3.39. The normalized spacial score (nSPS) is 21.6. The Morgan fingerprint density at radius 2 is 1.95 bits per heavy atom. The molecule has 7 heteroatoms. The van der Waals surface area contributed by atoms with Crippen molar-refractivity contribution in [2.45, 2.75) is 25.7 Å². The third-order valence-corrected chi connectivity index (χ3v) is 4.61. The van der Waals surface area contributed by atoms with Gasteiger partial charge in [0.25, 0.3) is 0 Å². The predicted molar refractivity (Wildman–Crippen MR) is 77.4 cm³/mol. The molecule has 2 atom stereocenters. The number of carbonyl (C=O) groups excluding carboxylic acids is 2. The van der Waals surface area contributed by atoms with E-state index in [1.165, 1.54) is 18.4 Å². The summed E-state index contributed by atoms with van der Waals surface area (Å²) < 4.78 is 4.65. The van der Waals surface area contributed by atoms with Crippen LogP contribution in [0.4, 0.5) is 5.69 Å². The van der Waals surface area contributed by atoms with E-state index in [9.17, 15) is 19.5 Å². The maximum absolute atomic E-state index is 12.3. The van der Waals surface area contributed by atoms with Crippen LogP contribution in [0.3, 0.4) is 0 Å². The van der Waals surface area contributed by atoms with Gasteiger partial charge in [-0.15, -0.1) is 11.3 Å². The second kappa shape index (κ2) is 6.71. The lowest BCUT2D eigenvalue weighted by molar-refractivity contribution is -0.147. The fourth-order valence-electron chi connectivity index (χ4n) is 2.62. The minimum Gasteiger partial charge on any atom is -0.481 e. The number of hydrogen-bond acceptors (Lipinski definition) is 5. The number of methoxy groups -OCH3 is 1. The van der Waals surface area contributed by atoms with Crippen LogP contribution in [0.5, 0.6) is 0 Å². The van der Waals surface area contributed by atoms with Crippen LogP contribution in [0.15, 0.2) is 11.4 Å². The third-order valence-electron chi connectivity index (χ3n) is 3.71. The van der Waals surface area contributed by atoms with Gasteiger partial charge in [-0.1, -0.05) is 12.8 Å². The number of rotatable bonds is 4. The molecule has 2 rings (SSSR count). The summed E-state index contributed by atoms with van der Waals surface area (Å²) in [5, 5.41) is 13.6. The number of thiophene rings is 1. The lowest BCUT2D eigenvalue weighted by Gasteiger charge is -2.27. The first kappa shape index (κ1) is 15.5. The van der Waals surface area contributed by atoms with Crippen molar-refractivity contribution in [3.63, 3.8) is 0 Å². The molecule has 1 amide bonds. The molecular weight excluding hydrogens is 294 g/mol. The molecule has 0 aliphatic heterocycles. The van der Waals surface area contributed by atoms with E-state index in [1.54, 1.807) is 11.4 Å². The molecule has 1 heterocycles. The molecule has 6 nitrogen and oxygen atoms in total. The molecular formula is C14H17NO5S. The largest absolute Gasteiger partial charge is 0.481 e. The van der Waals surface area contributed by atoms with Crippen molar-refractivity contribution in [2.24, 2.45) is 11.8 Å². The third kappa shape index (κ3) is 3.41. The summed E-state index contributed by atoms with van der Waals surface area (Å²) >= 11 is 1.17. The summed E-state index contributed by atoms with van der Waals surface area (Å²) in [4.78, 5) is 35.4. The van der Waals surface area contributed by atoms with Crippen molar-refractivity contribution >= 4 is 34.9 Å². The first-order valence-corrected chi connectivity index (χ1v) is 7.62. The molecule has 1 aliphatic rings. The predicted octanol–water partition coefficient (Wildman–Crippen LogP) is 2.36. The van der Waals surface area contributed by atoms with Gasteiger partial charge in [0.15, 0.2) is 0 Å².